The molecule has 1 aromatic heterocycles. The maximum Gasteiger partial charge on any atom is 0.243 e. The summed E-state index contributed by atoms with van der Waals surface area (Å²) in [5.74, 6) is 0.783. The van der Waals surface area contributed by atoms with Gasteiger partial charge in [-0.15, -0.1) is 10.2 Å². The highest BCUT2D eigenvalue weighted by Crippen LogP contribution is 2.30. The standard InChI is InChI=1S/C24H27N5O4S2/c30-22(27-13-15-33-16-14-27)18-34-24-26-25-23(29(24)20-8-2-1-3-9-20)19-7-6-10-21(17-19)35(31,32)28-11-4-5-12-28/h1-3,6-10,17H,4-5,11-16,18H2. The summed E-state index contributed by atoms with van der Waals surface area (Å²) in [6.07, 6.45) is 1.76. The van der Waals surface area contributed by atoms with E-state index in [2.05, 4.69) is 10.2 Å². The smallest absolute Gasteiger partial charge is 0.243 e. The molecular formula is C24H27N5O4S2. The largest absolute Gasteiger partial charge is 0.378 e. The van der Waals surface area contributed by atoms with Crippen LogP contribution in [0.15, 0.2) is 64.6 Å². The predicted octanol–water partition coefficient (Wildman–Crippen LogP) is 2.67. The van der Waals surface area contributed by atoms with E-state index in [-0.39, 0.29) is 16.6 Å². The van der Waals surface area contributed by atoms with Gasteiger partial charge in [0, 0.05) is 37.4 Å². The molecule has 0 N–H and O–H groups in total. The minimum Gasteiger partial charge on any atom is -0.378 e. The second-order valence-corrected chi connectivity index (χ2v) is 11.3. The SMILES string of the molecule is O=C(CSc1nnc(-c2cccc(S(=O)(=O)N3CCCC3)c2)n1-c1ccccc1)N1CCOCC1. The molecule has 2 aliphatic heterocycles. The summed E-state index contributed by atoms with van der Waals surface area (Å²) in [5, 5.41) is 9.36. The Morgan fingerprint density at radius 2 is 1.69 bits per heavy atom. The number of morpholine rings is 1. The highest BCUT2D eigenvalue weighted by Gasteiger charge is 2.28. The molecule has 0 bridgehead atoms. The Morgan fingerprint density at radius 3 is 2.43 bits per heavy atom. The molecule has 0 saturated carbocycles. The summed E-state index contributed by atoms with van der Waals surface area (Å²) >= 11 is 1.32. The van der Waals surface area contributed by atoms with E-state index in [9.17, 15) is 13.2 Å². The van der Waals surface area contributed by atoms with E-state index in [1.54, 1.807) is 23.1 Å². The topological polar surface area (TPSA) is 97.6 Å². The number of amides is 1. The van der Waals surface area contributed by atoms with E-state index in [1.807, 2.05) is 41.0 Å². The molecule has 3 aromatic rings. The minimum absolute atomic E-state index is 0.0289. The van der Waals surface area contributed by atoms with Crippen LogP contribution in [0.3, 0.4) is 0 Å². The van der Waals surface area contributed by atoms with Crippen molar-refractivity contribution >= 4 is 27.7 Å². The van der Waals surface area contributed by atoms with Gasteiger partial charge < -0.3 is 9.64 Å². The van der Waals surface area contributed by atoms with Crippen molar-refractivity contribution in [2.24, 2.45) is 0 Å². The molecule has 0 aliphatic carbocycles. The Labute approximate surface area is 209 Å². The van der Waals surface area contributed by atoms with E-state index >= 15 is 0 Å². The van der Waals surface area contributed by atoms with Gasteiger partial charge in [-0.05, 0) is 37.1 Å². The molecule has 0 atom stereocenters. The first kappa shape index (κ1) is 24.0. The van der Waals surface area contributed by atoms with Crippen LogP contribution in [0.4, 0.5) is 0 Å². The maximum absolute atomic E-state index is 13.1. The molecule has 3 heterocycles. The second-order valence-electron chi connectivity index (χ2n) is 8.40. The van der Waals surface area contributed by atoms with Crippen molar-refractivity contribution in [3.63, 3.8) is 0 Å². The molecule has 2 aromatic carbocycles. The quantitative estimate of drug-likeness (QED) is 0.448. The number of hydrogen-bond acceptors (Lipinski definition) is 7. The fourth-order valence-electron chi connectivity index (χ4n) is 4.26. The molecule has 0 radical (unpaired) electrons. The number of carbonyl (C=O) groups is 1. The van der Waals surface area contributed by atoms with Gasteiger partial charge >= 0.3 is 0 Å². The first-order chi connectivity index (χ1) is 17.0. The molecule has 5 rings (SSSR count). The number of sulfonamides is 1. The molecule has 0 unspecified atom stereocenters. The van der Waals surface area contributed by atoms with E-state index in [0.29, 0.717) is 55.9 Å². The summed E-state index contributed by atoms with van der Waals surface area (Å²) in [6, 6.07) is 16.5. The summed E-state index contributed by atoms with van der Waals surface area (Å²) in [6.45, 7) is 3.38. The van der Waals surface area contributed by atoms with E-state index in [4.69, 9.17) is 4.74 Å². The lowest BCUT2D eigenvalue weighted by molar-refractivity contribution is -0.132. The van der Waals surface area contributed by atoms with Crippen LogP contribution in [0.2, 0.25) is 0 Å². The molecule has 2 fully saturated rings. The number of para-hydroxylation sites is 1. The zero-order valence-corrected chi connectivity index (χ0v) is 20.9. The third-order valence-corrected chi connectivity index (χ3v) is 8.94. The number of aromatic nitrogens is 3. The Kier molecular flexibility index (Phi) is 7.19. The average molecular weight is 514 g/mol. The molecule has 184 valence electrons. The highest BCUT2D eigenvalue weighted by atomic mass is 32.2. The number of benzene rings is 2. The molecule has 35 heavy (non-hydrogen) atoms. The normalized spacial score (nSPS) is 17.1. The number of ether oxygens (including phenoxy) is 1. The first-order valence-electron chi connectivity index (χ1n) is 11.6. The average Bonchev–Trinajstić information content (AvgIpc) is 3.59. The fourth-order valence-corrected chi connectivity index (χ4v) is 6.68. The van der Waals surface area contributed by atoms with Crippen LogP contribution in [-0.2, 0) is 19.6 Å². The van der Waals surface area contributed by atoms with Crippen LogP contribution in [0, 0.1) is 0 Å². The summed E-state index contributed by atoms with van der Waals surface area (Å²) in [7, 11) is -3.56. The van der Waals surface area contributed by atoms with Gasteiger partial charge in [-0.1, -0.05) is 42.1 Å². The Bertz CT molecular complexity index is 1280. The van der Waals surface area contributed by atoms with E-state index < -0.39 is 10.0 Å². The lowest BCUT2D eigenvalue weighted by Crippen LogP contribution is -2.41. The van der Waals surface area contributed by atoms with Crippen molar-refractivity contribution in [1.29, 1.82) is 0 Å². The van der Waals surface area contributed by atoms with Crippen molar-refractivity contribution < 1.29 is 17.9 Å². The molecule has 0 spiro atoms. The highest BCUT2D eigenvalue weighted by molar-refractivity contribution is 7.99. The van der Waals surface area contributed by atoms with Gasteiger partial charge in [0.15, 0.2) is 11.0 Å². The summed E-state index contributed by atoms with van der Waals surface area (Å²) in [5.41, 5.74) is 1.48. The molecule has 2 aliphatic rings. The Hall–Kier alpha value is -2.73. The number of carbonyl (C=O) groups excluding carboxylic acids is 1. The van der Waals surface area contributed by atoms with Crippen LogP contribution < -0.4 is 0 Å². The minimum atomic E-state index is -3.56. The third kappa shape index (κ3) is 5.13. The fraction of sp³-hybridized carbons (Fsp3) is 0.375. The molecule has 11 heteroatoms. The number of hydrogen-bond donors (Lipinski definition) is 0. The second kappa shape index (κ2) is 10.5. The molecule has 9 nitrogen and oxygen atoms in total. The monoisotopic (exact) mass is 513 g/mol. The van der Waals surface area contributed by atoms with Gasteiger partial charge in [0.2, 0.25) is 15.9 Å². The zero-order valence-electron chi connectivity index (χ0n) is 19.2. The lowest BCUT2D eigenvalue weighted by atomic mass is 10.2. The number of thioether (sulfide) groups is 1. The Balaban J connectivity index is 1.47. The molecule has 1 amide bonds. The van der Waals surface area contributed by atoms with Crippen LogP contribution in [-0.4, -0.2) is 83.4 Å². The van der Waals surface area contributed by atoms with Gasteiger partial charge in [-0.25, -0.2) is 8.42 Å². The van der Waals surface area contributed by atoms with Crippen molar-refractivity contribution in [2.75, 3.05) is 45.1 Å². The van der Waals surface area contributed by atoms with Gasteiger partial charge in [0.25, 0.3) is 0 Å². The zero-order chi connectivity index (χ0) is 24.3. The van der Waals surface area contributed by atoms with Crippen LogP contribution in [0.25, 0.3) is 17.1 Å². The molecule has 2 saturated heterocycles. The lowest BCUT2D eigenvalue weighted by Gasteiger charge is -2.26. The van der Waals surface area contributed by atoms with Crippen LogP contribution in [0.1, 0.15) is 12.8 Å². The van der Waals surface area contributed by atoms with Gasteiger partial charge in [0.05, 0.1) is 23.9 Å². The first-order valence-corrected chi connectivity index (χ1v) is 14.1. The van der Waals surface area contributed by atoms with Gasteiger partial charge in [-0.2, -0.15) is 4.31 Å². The third-order valence-electron chi connectivity index (χ3n) is 6.13. The van der Waals surface area contributed by atoms with Crippen molar-refractivity contribution in [3.05, 3.63) is 54.6 Å². The van der Waals surface area contributed by atoms with Crippen molar-refractivity contribution in [1.82, 2.24) is 24.0 Å². The van der Waals surface area contributed by atoms with E-state index in [0.717, 1.165) is 18.5 Å². The van der Waals surface area contributed by atoms with Gasteiger partial charge in [0.1, 0.15) is 0 Å². The van der Waals surface area contributed by atoms with E-state index in [1.165, 1.54) is 16.1 Å². The van der Waals surface area contributed by atoms with Crippen LogP contribution in [0.5, 0.6) is 0 Å². The summed E-state index contributed by atoms with van der Waals surface area (Å²) in [4.78, 5) is 14.7. The van der Waals surface area contributed by atoms with Crippen molar-refractivity contribution in [2.45, 2.75) is 22.9 Å². The Morgan fingerprint density at radius 1 is 0.943 bits per heavy atom. The maximum atomic E-state index is 13.1. The molecular weight excluding hydrogens is 486 g/mol. The number of rotatable bonds is 7. The van der Waals surface area contributed by atoms with Crippen LogP contribution >= 0.6 is 11.8 Å². The predicted molar refractivity (Wildman–Crippen MR) is 133 cm³/mol. The summed E-state index contributed by atoms with van der Waals surface area (Å²) < 4.78 is 35.0. The number of nitrogens with zero attached hydrogens (tertiary/aromatic N) is 5. The van der Waals surface area contributed by atoms with Crippen molar-refractivity contribution in [3.8, 4) is 17.1 Å². The van der Waals surface area contributed by atoms with Gasteiger partial charge in [-0.3, -0.25) is 9.36 Å².